The van der Waals surface area contributed by atoms with Crippen molar-refractivity contribution < 1.29 is 19.6 Å². The van der Waals surface area contributed by atoms with E-state index in [-0.39, 0.29) is 13.2 Å². The van der Waals surface area contributed by atoms with Gasteiger partial charge in [0.05, 0.1) is 0 Å². The van der Waals surface area contributed by atoms with E-state index in [2.05, 4.69) is 0 Å². The molecule has 0 bridgehead atoms. The van der Waals surface area contributed by atoms with Crippen molar-refractivity contribution in [1.29, 1.82) is 0 Å². The Labute approximate surface area is 69.7 Å². The number of aliphatic hydroxyl groups excluding tert-OH is 1. The summed E-state index contributed by atoms with van der Waals surface area (Å²) in [4.78, 5) is 10.2. The first-order chi connectivity index (χ1) is 5.74. The molecule has 1 aromatic heterocycles. The second-order valence-corrected chi connectivity index (χ2v) is 2.35. The first-order valence-corrected chi connectivity index (χ1v) is 3.52. The van der Waals surface area contributed by atoms with E-state index < -0.39 is 5.97 Å². The number of carboxylic acids is 1. The maximum atomic E-state index is 10.2. The summed E-state index contributed by atoms with van der Waals surface area (Å²) in [6, 6.07) is 5.09. The fourth-order valence-corrected chi connectivity index (χ4v) is 0.949. The molecule has 0 amide bonds. The van der Waals surface area contributed by atoms with E-state index in [1.807, 2.05) is 0 Å². The molecule has 0 radical (unpaired) electrons. The van der Waals surface area contributed by atoms with Gasteiger partial charge in [0, 0.05) is 12.1 Å². The molecule has 1 rings (SSSR count). The predicted molar refractivity (Wildman–Crippen MR) is 37.6 cm³/mol. The van der Waals surface area contributed by atoms with E-state index >= 15 is 0 Å². The monoisotopic (exact) mass is 167 g/mol. The molecule has 0 aromatic carbocycles. The number of pyridine rings is 1. The number of hydrogen-bond acceptors (Lipinski definition) is 3. The van der Waals surface area contributed by atoms with Gasteiger partial charge in [0.25, 0.3) is 0 Å². The van der Waals surface area contributed by atoms with E-state index in [1.54, 1.807) is 24.4 Å². The van der Waals surface area contributed by atoms with Crippen LogP contribution in [0.1, 0.15) is 5.69 Å². The SMILES string of the molecule is O=C([O-])C[n+]1ccccc1CO. The number of aliphatic carboxylic acids is 1. The van der Waals surface area contributed by atoms with Gasteiger partial charge in [-0.3, -0.25) is 0 Å². The summed E-state index contributed by atoms with van der Waals surface area (Å²) < 4.78 is 1.43. The minimum absolute atomic E-state index is 0.173. The van der Waals surface area contributed by atoms with Gasteiger partial charge in [0.1, 0.15) is 12.6 Å². The molecule has 64 valence electrons. The van der Waals surface area contributed by atoms with Crippen molar-refractivity contribution in [2.75, 3.05) is 0 Å². The van der Waals surface area contributed by atoms with Crippen molar-refractivity contribution in [1.82, 2.24) is 0 Å². The summed E-state index contributed by atoms with van der Waals surface area (Å²) >= 11 is 0. The third-order valence-corrected chi connectivity index (χ3v) is 1.50. The van der Waals surface area contributed by atoms with Crippen LogP contribution in [0.25, 0.3) is 0 Å². The van der Waals surface area contributed by atoms with Crippen LogP contribution in [0.3, 0.4) is 0 Å². The average Bonchev–Trinajstić information content (AvgIpc) is 2.04. The maximum Gasteiger partial charge on any atom is 0.207 e. The molecule has 1 aromatic rings. The minimum Gasteiger partial charge on any atom is -0.544 e. The fourth-order valence-electron chi connectivity index (χ4n) is 0.949. The largest absolute Gasteiger partial charge is 0.544 e. The summed E-state index contributed by atoms with van der Waals surface area (Å²) in [6.07, 6.45) is 1.58. The van der Waals surface area contributed by atoms with E-state index in [0.29, 0.717) is 5.69 Å². The number of aromatic nitrogens is 1. The molecule has 4 heteroatoms. The number of hydrogen-bond donors (Lipinski definition) is 1. The molecule has 1 heterocycles. The summed E-state index contributed by atoms with van der Waals surface area (Å²) in [5, 5.41) is 19.0. The standard InChI is InChI=1S/C8H9NO3/c10-6-7-3-1-2-4-9(7)5-8(11)12/h1-4,10H,5-6H2. The van der Waals surface area contributed by atoms with Crippen LogP contribution in [0.2, 0.25) is 0 Å². The third kappa shape index (κ3) is 2.03. The van der Waals surface area contributed by atoms with Crippen LogP contribution in [0, 0.1) is 0 Å². The van der Waals surface area contributed by atoms with Gasteiger partial charge < -0.3 is 15.0 Å². The van der Waals surface area contributed by atoms with Crippen LogP contribution in [-0.2, 0) is 17.9 Å². The van der Waals surface area contributed by atoms with E-state index in [9.17, 15) is 9.90 Å². The molecule has 0 aliphatic heterocycles. The topological polar surface area (TPSA) is 64.2 Å². The molecule has 0 unspecified atom stereocenters. The summed E-state index contributed by atoms with van der Waals surface area (Å²) in [5.41, 5.74) is 0.557. The average molecular weight is 167 g/mol. The molecule has 4 nitrogen and oxygen atoms in total. The lowest BCUT2D eigenvalue weighted by Crippen LogP contribution is -2.46. The van der Waals surface area contributed by atoms with Crippen LogP contribution >= 0.6 is 0 Å². The summed E-state index contributed by atoms with van der Waals surface area (Å²) in [6.45, 7) is -0.398. The Kier molecular flexibility index (Phi) is 2.76. The first kappa shape index (κ1) is 8.67. The van der Waals surface area contributed by atoms with Crippen molar-refractivity contribution in [2.24, 2.45) is 0 Å². The van der Waals surface area contributed by atoms with Gasteiger partial charge in [-0.05, 0) is 0 Å². The molecular formula is C8H9NO3. The van der Waals surface area contributed by atoms with Crippen LogP contribution in [0.15, 0.2) is 24.4 Å². The lowest BCUT2D eigenvalue weighted by Gasteiger charge is -2.00. The molecular weight excluding hydrogens is 158 g/mol. The normalized spacial score (nSPS) is 9.75. The molecule has 0 aliphatic carbocycles. The van der Waals surface area contributed by atoms with Gasteiger partial charge in [-0.2, -0.15) is 4.57 Å². The van der Waals surface area contributed by atoms with Crippen LogP contribution in [-0.4, -0.2) is 11.1 Å². The number of carbonyl (C=O) groups excluding carboxylic acids is 1. The molecule has 0 atom stereocenters. The zero-order chi connectivity index (χ0) is 8.97. The summed E-state index contributed by atoms with van der Waals surface area (Å²) in [7, 11) is 0. The molecule has 1 N–H and O–H groups in total. The van der Waals surface area contributed by atoms with Gasteiger partial charge >= 0.3 is 0 Å². The van der Waals surface area contributed by atoms with Gasteiger partial charge in [0.15, 0.2) is 12.7 Å². The van der Waals surface area contributed by atoms with Gasteiger partial charge in [-0.1, -0.05) is 6.07 Å². The lowest BCUT2D eigenvalue weighted by molar-refractivity contribution is -0.699. The van der Waals surface area contributed by atoms with Crippen LogP contribution in [0.5, 0.6) is 0 Å². The molecule has 0 fully saturated rings. The molecule has 0 saturated heterocycles. The highest BCUT2D eigenvalue weighted by Crippen LogP contribution is 1.89. The van der Waals surface area contributed by atoms with Crippen molar-refractivity contribution in [2.45, 2.75) is 13.2 Å². The molecule has 12 heavy (non-hydrogen) atoms. The Balaban J connectivity index is 2.89. The third-order valence-electron chi connectivity index (χ3n) is 1.50. The second-order valence-electron chi connectivity index (χ2n) is 2.35. The Morgan fingerprint density at radius 1 is 1.58 bits per heavy atom. The number of carboxylic acid groups (broad SMARTS) is 1. The van der Waals surface area contributed by atoms with Crippen molar-refractivity contribution >= 4 is 5.97 Å². The molecule has 0 spiro atoms. The van der Waals surface area contributed by atoms with Crippen molar-refractivity contribution in [3.8, 4) is 0 Å². The summed E-state index contributed by atoms with van der Waals surface area (Å²) in [5.74, 6) is -1.17. The van der Waals surface area contributed by atoms with E-state index in [0.717, 1.165) is 0 Å². The van der Waals surface area contributed by atoms with Crippen molar-refractivity contribution in [3.05, 3.63) is 30.1 Å². The van der Waals surface area contributed by atoms with Crippen LogP contribution in [0.4, 0.5) is 0 Å². The highest BCUT2D eigenvalue weighted by Gasteiger charge is 2.06. The second kappa shape index (κ2) is 3.82. The Bertz CT molecular complexity index is 285. The highest BCUT2D eigenvalue weighted by atomic mass is 16.4. The van der Waals surface area contributed by atoms with E-state index in [1.165, 1.54) is 4.57 Å². The number of rotatable bonds is 3. The van der Waals surface area contributed by atoms with Gasteiger partial charge in [-0.15, -0.1) is 0 Å². The number of aliphatic hydroxyl groups is 1. The van der Waals surface area contributed by atoms with Gasteiger partial charge in [-0.25, -0.2) is 0 Å². The fraction of sp³-hybridized carbons (Fsp3) is 0.250. The quantitative estimate of drug-likeness (QED) is 0.541. The smallest absolute Gasteiger partial charge is 0.207 e. The van der Waals surface area contributed by atoms with Gasteiger partial charge in [0.2, 0.25) is 5.69 Å². The molecule has 0 aliphatic rings. The number of carbonyl (C=O) groups is 1. The Hall–Kier alpha value is -1.42. The Morgan fingerprint density at radius 3 is 2.92 bits per heavy atom. The lowest BCUT2D eigenvalue weighted by atomic mass is 10.3. The first-order valence-electron chi connectivity index (χ1n) is 3.52. The number of nitrogens with zero attached hydrogens (tertiary/aromatic N) is 1. The predicted octanol–water partition coefficient (Wildman–Crippen LogP) is -1.78. The van der Waals surface area contributed by atoms with Crippen LogP contribution < -0.4 is 9.67 Å². The Morgan fingerprint density at radius 2 is 2.33 bits per heavy atom. The maximum absolute atomic E-state index is 10.2. The highest BCUT2D eigenvalue weighted by molar-refractivity contribution is 5.62. The molecule has 0 saturated carbocycles. The zero-order valence-corrected chi connectivity index (χ0v) is 6.43. The minimum atomic E-state index is -1.17. The van der Waals surface area contributed by atoms with Crippen molar-refractivity contribution in [3.63, 3.8) is 0 Å². The zero-order valence-electron chi connectivity index (χ0n) is 6.43. The van der Waals surface area contributed by atoms with E-state index in [4.69, 9.17) is 5.11 Å².